The molecule has 0 radical (unpaired) electrons. The van der Waals surface area contributed by atoms with Gasteiger partial charge in [-0.2, -0.15) is 4.98 Å². The number of rotatable bonds is 4. The van der Waals surface area contributed by atoms with Crippen LogP contribution in [0.4, 0.5) is 23.1 Å². The van der Waals surface area contributed by atoms with Crippen LogP contribution in [0.15, 0.2) is 66.9 Å². The fourth-order valence-electron chi connectivity index (χ4n) is 2.06. The van der Waals surface area contributed by atoms with Gasteiger partial charge >= 0.3 is 0 Å². The van der Waals surface area contributed by atoms with E-state index >= 15 is 0 Å². The minimum Gasteiger partial charge on any atom is -0.329 e. The molecule has 0 aliphatic heterocycles. The molecule has 5 heteroatoms. The smallest absolute Gasteiger partial charge is 0.229 e. The summed E-state index contributed by atoms with van der Waals surface area (Å²) in [6.07, 6.45) is 1.72. The average molecular weight is 311 g/mol. The van der Waals surface area contributed by atoms with Crippen molar-refractivity contribution in [2.24, 2.45) is 0 Å². The summed E-state index contributed by atoms with van der Waals surface area (Å²) in [6, 6.07) is 19.4. The van der Waals surface area contributed by atoms with Gasteiger partial charge in [0.15, 0.2) is 0 Å². The summed E-state index contributed by atoms with van der Waals surface area (Å²) in [4.78, 5) is 10.8. The molecule has 110 valence electrons. The zero-order chi connectivity index (χ0) is 15.4. The lowest BCUT2D eigenvalue weighted by molar-refractivity contribution is 1.08. The first-order chi connectivity index (χ1) is 10.7. The van der Waals surface area contributed by atoms with Crippen molar-refractivity contribution >= 4 is 34.7 Å². The maximum Gasteiger partial charge on any atom is 0.229 e. The van der Waals surface area contributed by atoms with E-state index in [2.05, 4.69) is 15.3 Å². The molecule has 0 unspecified atom stereocenters. The highest BCUT2D eigenvalue weighted by molar-refractivity contribution is 6.33. The highest BCUT2D eigenvalue weighted by Gasteiger charge is 2.07. The molecule has 1 N–H and O–H groups in total. The highest BCUT2D eigenvalue weighted by Crippen LogP contribution is 2.25. The molecule has 0 spiro atoms. The summed E-state index contributed by atoms with van der Waals surface area (Å²) < 4.78 is 0. The van der Waals surface area contributed by atoms with Crippen molar-refractivity contribution in [3.8, 4) is 0 Å². The summed E-state index contributed by atoms with van der Waals surface area (Å²) >= 11 is 6.14. The molecular weight excluding hydrogens is 296 g/mol. The zero-order valence-corrected chi connectivity index (χ0v) is 12.8. The van der Waals surface area contributed by atoms with Crippen molar-refractivity contribution in [1.29, 1.82) is 0 Å². The molecule has 0 aliphatic carbocycles. The quantitative estimate of drug-likeness (QED) is 0.762. The van der Waals surface area contributed by atoms with E-state index in [4.69, 9.17) is 11.6 Å². The van der Waals surface area contributed by atoms with Crippen molar-refractivity contribution in [2.75, 3.05) is 17.3 Å². The summed E-state index contributed by atoms with van der Waals surface area (Å²) in [5.74, 6) is 1.31. The average Bonchev–Trinajstić information content (AvgIpc) is 2.57. The molecule has 22 heavy (non-hydrogen) atoms. The number of aromatic nitrogens is 2. The van der Waals surface area contributed by atoms with E-state index in [0.717, 1.165) is 17.2 Å². The van der Waals surface area contributed by atoms with Gasteiger partial charge in [0.2, 0.25) is 5.95 Å². The second kappa shape index (κ2) is 6.45. The Balaban J connectivity index is 1.85. The van der Waals surface area contributed by atoms with Crippen LogP contribution in [0.25, 0.3) is 0 Å². The highest BCUT2D eigenvalue weighted by atomic mass is 35.5. The summed E-state index contributed by atoms with van der Waals surface area (Å²) in [6.45, 7) is 0. The molecule has 2 aromatic carbocycles. The van der Waals surface area contributed by atoms with E-state index in [1.165, 1.54) is 0 Å². The van der Waals surface area contributed by atoms with E-state index in [9.17, 15) is 0 Å². The molecular formula is C17H15ClN4. The molecule has 4 nitrogen and oxygen atoms in total. The van der Waals surface area contributed by atoms with E-state index in [1.807, 2.05) is 72.6 Å². The Morgan fingerprint density at radius 1 is 0.955 bits per heavy atom. The lowest BCUT2D eigenvalue weighted by atomic mass is 10.3. The second-order valence-electron chi connectivity index (χ2n) is 4.74. The second-order valence-corrected chi connectivity index (χ2v) is 5.15. The van der Waals surface area contributed by atoms with E-state index < -0.39 is 0 Å². The number of anilines is 4. The van der Waals surface area contributed by atoms with E-state index in [1.54, 1.807) is 6.20 Å². The Labute approximate surface area is 134 Å². The first kappa shape index (κ1) is 14.4. The molecule has 0 fully saturated rings. The summed E-state index contributed by atoms with van der Waals surface area (Å²) in [5.41, 5.74) is 1.84. The normalized spacial score (nSPS) is 10.3. The number of halogens is 1. The molecule has 3 rings (SSSR count). The third-order valence-electron chi connectivity index (χ3n) is 3.25. The Morgan fingerprint density at radius 3 is 2.45 bits per heavy atom. The number of nitrogens with one attached hydrogen (secondary N) is 1. The Bertz CT molecular complexity index is 761. The molecule has 0 bridgehead atoms. The van der Waals surface area contributed by atoms with Crippen LogP contribution in [0.2, 0.25) is 5.02 Å². The van der Waals surface area contributed by atoms with Crippen LogP contribution in [0.5, 0.6) is 0 Å². The van der Waals surface area contributed by atoms with Crippen LogP contribution >= 0.6 is 11.6 Å². The number of para-hydroxylation sites is 2. The van der Waals surface area contributed by atoms with Crippen molar-refractivity contribution in [3.05, 3.63) is 71.9 Å². The van der Waals surface area contributed by atoms with E-state index in [0.29, 0.717) is 11.0 Å². The zero-order valence-electron chi connectivity index (χ0n) is 12.1. The number of benzene rings is 2. The minimum atomic E-state index is 0.508. The molecule has 1 aromatic heterocycles. The van der Waals surface area contributed by atoms with Gasteiger partial charge in [-0.1, -0.05) is 41.9 Å². The number of nitrogens with zero attached hydrogens (tertiary/aromatic N) is 3. The van der Waals surface area contributed by atoms with Crippen molar-refractivity contribution in [3.63, 3.8) is 0 Å². The van der Waals surface area contributed by atoms with Crippen LogP contribution < -0.4 is 10.2 Å². The maximum atomic E-state index is 6.14. The lowest BCUT2D eigenvalue weighted by Gasteiger charge is -2.18. The first-order valence-corrected chi connectivity index (χ1v) is 7.25. The van der Waals surface area contributed by atoms with Crippen molar-refractivity contribution in [1.82, 2.24) is 9.97 Å². The number of hydrogen-bond donors (Lipinski definition) is 1. The number of hydrogen-bond acceptors (Lipinski definition) is 4. The standard InChI is InChI=1S/C17H15ClN4/c1-22(13-7-3-2-4-8-13)16-11-12-19-17(21-16)20-15-10-6-5-9-14(15)18/h2-12H,1H3,(H,19,20,21). The summed E-state index contributed by atoms with van der Waals surface area (Å²) in [7, 11) is 1.97. The summed E-state index contributed by atoms with van der Waals surface area (Å²) in [5, 5.41) is 3.77. The molecule has 0 amide bonds. The Morgan fingerprint density at radius 2 is 1.68 bits per heavy atom. The largest absolute Gasteiger partial charge is 0.329 e. The molecule has 3 aromatic rings. The van der Waals surface area contributed by atoms with Gasteiger partial charge in [-0.25, -0.2) is 4.98 Å². The predicted molar refractivity (Wildman–Crippen MR) is 91.3 cm³/mol. The Hall–Kier alpha value is -2.59. The monoisotopic (exact) mass is 310 g/mol. The molecule has 0 atom stereocenters. The lowest BCUT2D eigenvalue weighted by Crippen LogP contribution is -2.12. The van der Waals surface area contributed by atoms with Gasteiger partial charge < -0.3 is 10.2 Å². The van der Waals surface area contributed by atoms with Crippen LogP contribution in [0.3, 0.4) is 0 Å². The predicted octanol–water partition coefficient (Wildman–Crippen LogP) is 4.64. The van der Waals surface area contributed by atoms with Crippen molar-refractivity contribution < 1.29 is 0 Å². The van der Waals surface area contributed by atoms with Crippen LogP contribution in [0.1, 0.15) is 0 Å². The first-order valence-electron chi connectivity index (χ1n) is 6.87. The van der Waals surface area contributed by atoms with Gasteiger partial charge in [0.1, 0.15) is 5.82 Å². The maximum absolute atomic E-state index is 6.14. The van der Waals surface area contributed by atoms with Gasteiger partial charge in [0.25, 0.3) is 0 Å². The van der Waals surface area contributed by atoms with Gasteiger partial charge in [0, 0.05) is 18.9 Å². The SMILES string of the molecule is CN(c1ccccc1)c1ccnc(Nc2ccccc2Cl)n1. The molecule has 0 saturated carbocycles. The van der Waals surface area contributed by atoms with Crippen molar-refractivity contribution in [2.45, 2.75) is 0 Å². The van der Waals surface area contributed by atoms with Crippen LogP contribution in [-0.4, -0.2) is 17.0 Å². The Kier molecular flexibility index (Phi) is 4.21. The van der Waals surface area contributed by atoms with E-state index in [-0.39, 0.29) is 0 Å². The fourth-order valence-corrected chi connectivity index (χ4v) is 2.25. The van der Waals surface area contributed by atoms with Gasteiger partial charge in [-0.15, -0.1) is 0 Å². The molecule has 1 heterocycles. The van der Waals surface area contributed by atoms with Crippen LogP contribution in [0, 0.1) is 0 Å². The molecule has 0 aliphatic rings. The fraction of sp³-hybridized carbons (Fsp3) is 0.0588. The van der Waals surface area contributed by atoms with Gasteiger partial charge in [-0.3, -0.25) is 0 Å². The van der Waals surface area contributed by atoms with Gasteiger partial charge in [-0.05, 0) is 30.3 Å². The van der Waals surface area contributed by atoms with Gasteiger partial charge in [0.05, 0.1) is 10.7 Å². The minimum absolute atomic E-state index is 0.508. The third kappa shape index (κ3) is 3.18. The molecule has 0 saturated heterocycles. The third-order valence-corrected chi connectivity index (χ3v) is 3.58. The topological polar surface area (TPSA) is 41.1 Å². The van der Waals surface area contributed by atoms with Crippen LogP contribution in [-0.2, 0) is 0 Å².